The second-order valence-corrected chi connectivity index (χ2v) is 5.59. The molecule has 84 valence electrons. The summed E-state index contributed by atoms with van der Waals surface area (Å²) in [7, 11) is 0. The number of thiophene rings is 1. The monoisotopic (exact) mass is 223 g/mol. The highest BCUT2D eigenvalue weighted by molar-refractivity contribution is 7.07. The Morgan fingerprint density at radius 1 is 1.47 bits per heavy atom. The zero-order chi connectivity index (χ0) is 10.6. The Labute approximate surface area is 96.9 Å². The van der Waals surface area contributed by atoms with Crippen molar-refractivity contribution in [3.63, 3.8) is 0 Å². The van der Waals surface area contributed by atoms with Crippen molar-refractivity contribution in [2.75, 3.05) is 13.1 Å². The maximum atomic E-state index is 3.62. The first-order valence-corrected chi connectivity index (χ1v) is 7.01. The summed E-state index contributed by atoms with van der Waals surface area (Å²) < 4.78 is 0. The smallest absolute Gasteiger partial charge is 0.000794 e. The van der Waals surface area contributed by atoms with Gasteiger partial charge in [-0.05, 0) is 60.0 Å². The van der Waals surface area contributed by atoms with E-state index in [1.165, 1.54) is 44.2 Å². The van der Waals surface area contributed by atoms with Gasteiger partial charge >= 0.3 is 0 Å². The minimum Gasteiger partial charge on any atom is -0.316 e. The van der Waals surface area contributed by atoms with Crippen molar-refractivity contribution in [1.29, 1.82) is 0 Å². The van der Waals surface area contributed by atoms with Crippen molar-refractivity contribution < 1.29 is 0 Å². The fourth-order valence-electron chi connectivity index (χ4n) is 2.24. The van der Waals surface area contributed by atoms with Gasteiger partial charge in [-0.15, -0.1) is 0 Å². The number of rotatable bonds is 7. The lowest BCUT2D eigenvalue weighted by atomic mass is 10.0. The van der Waals surface area contributed by atoms with Gasteiger partial charge in [0.2, 0.25) is 0 Å². The average molecular weight is 223 g/mol. The van der Waals surface area contributed by atoms with Gasteiger partial charge in [-0.25, -0.2) is 0 Å². The molecule has 1 fully saturated rings. The topological polar surface area (TPSA) is 12.0 Å². The Balaban J connectivity index is 1.59. The van der Waals surface area contributed by atoms with Crippen LogP contribution in [0.4, 0.5) is 0 Å². The SMILES string of the molecule is CCCC1(CNCCc2ccsc2)CC1. The van der Waals surface area contributed by atoms with E-state index in [-0.39, 0.29) is 0 Å². The van der Waals surface area contributed by atoms with Crippen LogP contribution in [0.25, 0.3) is 0 Å². The third kappa shape index (κ3) is 3.32. The number of hydrogen-bond donors (Lipinski definition) is 1. The van der Waals surface area contributed by atoms with Crippen LogP contribution in [0.3, 0.4) is 0 Å². The van der Waals surface area contributed by atoms with Gasteiger partial charge in [0.1, 0.15) is 0 Å². The van der Waals surface area contributed by atoms with Gasteiger partial charge in [0.05, 0.1) is 0 Å². The second-order valence-electron chi connectivity index (χ2n) is 4.81. The predicted octanol–water partition coefficient (Wildman–Crippen LogP) is 3.46. The van der Waals surface area contributed by atoms with Crippen molar-refractivity contribution in [2.45, 2.75) is 39.0 Å². The lowest BCUT2D eigenvalue weighted by molar-refractivity contribution is 0.423. The molecule has 15 heavy (non-hydrogen) atoms. The van der Waals surface area contributed by atoms with Gasteiger partial charge in [0, 0.05) is 6.54 Å². The Bertz CT molecular complexity index is 275. The van der Waals surface area contributed by atoms with E-state index in [1.807, 2.05) is 0 Å². The molecule has 1 aliphatic carbocycles. The van der Waals surface area contributed by atoms with Crippen molar-refractivity contribution in [3.05, 3.63) is 22.4 Å². The molecule has 0 unspecified atom stereocenters. The molecular weight excluding hydrogens is 202 g/mol. The van der Waals surface area contributed by atoms with Gasteiger partial charge in [-0.2, -0.15) is 11.3 Å². The van der Waals surface area contributed by atoms with Crippen molar-refractivity contribution in [1.82, 2.24) is 5.32 Å². The van der Waals surface area contributed by atoms with Gasteiger partial charge in [0.25, 0.3) is 0 Å². The highest BCUT2D eigenvalue weighted by Crippen LogP contribution is 2.48. The summed E-state index contributed by atoms with van der Waals surface area (Å²) in [5.41, 5.74) is 2.18. The molecule has 2 rings (SSSR count). The third-order valence-corrected chi connectivity index (χ3v) is 4.14. The van der Waals surface area contributed by atoms with E-state index in [1.54, 1.807) is 11.3 Å². The van der Waals surface area contributed by atoms with Crippen molar-refractivity contribution in [2.24, 2.45) is 5.41 Å². The molecular formula is C13H21NS. The largest absolute Gasteiger partial charge is 0.316 e. The second kappa shape index (κ2) is 5.13. The van der Waals surface area contributed by atoms with Gasteiger partial charge < -0.3 is 5.32 Å². The average Bonchev–Trinajstić information content (AvgIpc) is 2.80. The molecule has 1 aromatic rings. The number of hydrogen-bond acceptors (Lipinski definition) is 2. The molecule has 1 heterocycles. The molecule has 1 aliphatic rings. The van der Waals surface area contributed by atoms with Gasteiger partial charge in [-0.1, -0.05) is 13.3 Å². The molecule has 0 atom stereocenters. The van der Waals surface area contributed by atoms with Crippen LogP contribution in [0.2, 0.25) is 0 Å². The first-order chi connectivity index (χ1) is 7.35. The molecule has 0 saturated heterocycles. The molecule has 1 nitrogen and oxygen atoms in total. The quantitative estimate of drug-likeness (QED) is 0.698. The molecule has 0 aliphatic heterocycles. The van der Waals surface area contributed by atoms with E-state index >= 15 is 0 Å². The summed E-state index contributed by atoms with van der Waals surface area (Å²) in [5, 5.41) is 8.03. The molecule has 1 N–H and O–H groups in total. The van der Waals surface area contributed by atoms with Crippen LogP contribution in [0.5, 0.6) is 0 Å². The van der Waals surface area contributed by atoms with E-state index in [9.17, 15) is 0 Å². The van der Waals surface area contributed by atoms with E-state index in [2.05, 4.69) is 29.1 Å². The summed E-state index contributed by atoms with van der Waals surface area (Å²) in [6.07, 6.45) is 6.84. The summed E-state index contributed by atoms with van der Waals surface area (Å²) in [6, 6.07) is 2.23. The zero-order valence-corrected chi connectivity index (χ0v) is 10.4. The summed E-state index contributed by atoms with van der Waals surface area (Å²) in [6.45, 7) is 4.68. The molecule has 0 spiro atoms. The third-order valence-electron chi connectivity index (χ3n) is 3.41. The number of nitrogens with one attached hydrogen (secondary N) is 1. The van der Waals surface area contributed by atoms with Gasteiger partial charge in [0.15, 0.2) is 0 Å². The lowest BCUT2D eigenvalue weighted by Crippen LogP contribution is -2.25. The summed E-state index contributed by atoms with van der Waals surface area (Å²) in [5.74, 6) is 0. The minimum absolute atomic E-state index is 0.698. The molecule has 1 saturated carbocycles. The van der Waals surface area contributed by atoms with Crippen LogP contribution in [-0.4, -0.2) is 13.1 Å². The fourth-order valence-corrected chi connectivity index (χ4v) is 2.95. The van der Waals surface area contributed by atoms with Gasteiger partial charge in [-0.3, -0.25) is 0 Å². The molecule has 0 bridgehead atoms. The Morgan fingerprint density at radius 3 is 2.93 bits per heavy atom. The normalized spacial score (nSPS) is 17.9. The Morgan fingerprint density at radius 2 is 2.33 bits per heavy atom. The minimum atomic E-state index is 0.698. The maximum absolute atomic E-state index is 3.62. The maximum Gasteiger partial charge on any atom is 0.000794 e. The van der Waals surface area contributed by atoms with Crippen LogP contribution in [-0.2, 0) is 6.42 Å². The van der Waals surface area contributed by atoms with E-state index in [0.29, 0.717) is 5.41 Å². The molecule has 1 aromatic heterocycles. The lowest BCUT2D eigenvalue weighted by Gasteiger charge is -2.14. The van der Waals surface area contributed by atoms with Crippen LogP contribution >= 0.6 is 11.3 Å². The first-order valence-electron chi connectivity index (χ1n) is 6.06. The van der Waals surface area contributed by atoms with E-state index < -0.39 is 0 Å². The molecule has 2 heteroatoms. The van der Waals surface area contributed by atoms with Crippen LogP contribution in [0.15, 0.2) is 16.8 Å². The highest BCUT2D eigenvalue weighted by Gasteiger charge is 2.40. The van der Waals surface area contributed by atoms with Crippen LogP contribution in [0.1, 0.15) is 38.2 Å². The van der Waals surface area contributed by atoms with Crippen LogP contribution in [0, 0.1) is 5.41 Å². The predicted molar refractivity (Wildman–Crippen MR) is 67.5 cm³/mol. The van der Waals surface area contributed by atoms with Crippen LogP contribution < -0.4 is 5.32 Å². The molecule has 0 aromatic carbocycles. The highest BCUT2D eigenvalue weighted by atomic mass is 32.1. The summed E-state index contributed by atoms with van der Waals surface area (Å²) >= 11 is 1.80. The van der Waals surface area contributed by atoms with Crippen molar-refractivity contribution >= 4 is 11.3 Å². The summed E-state index contributed by atoms with van der Waals surface area (Å²) in [4.78, 5) is 0. The fraction of sp³-hybridized carbons (Fsp3) is 0.692. The standard InChI is InChI=1S/C13H21NS/c1-2-5-13(6-7-13)11-14-8-3-12-4-9-15-10-12/h4,9-10,14H,2-3,5-8,11H2,1H3. The molecule has 0 radical (unpaired) electrons. The van der Waals surface area contributed by atoms with E-state index in [4.69, 9.17) is 0 Å². The Hall–Kier alpha value is -0.340. The van der Waals surface area contributed by atoms with E-state index in [0.717, 1.165) is 6.54 Å². The molecule has 0 amide bonds. The van der Waals surface area contributed by atoms with Crippen molar-refractivity contribution in [3.8, 4) is 0 Å². The zero-order valence-electron chi connectivity index (χ0n) is 9.59. The Kier molecular flexibility index (Phi) is 3.81. The first kappa shape index (κ1) is 11.2.